The summed E-state index contributed by atoms with van der Waals surface area (Å²) in [6.45, 7) is 2.23. The number of furan rings is 1. The van der Waals surface area contributed by atoms with E-state index >= 15 is 0 Å². The van der Waals surface area contributed by atoms with Crippen molar-refractivity contribution >= 4 is 17.5 Å². The van der Waals surface area contributed by atoms with E-state index in [1.54, 1.807) is 4.90 Å². The number of ether oxygens (including phenoxy) is 1. The fraction of sp³-hybridized carbons (Fsp3) is 0.368. The molecule has 4 rings (SSSR count). The number of carbonyl (C=O) groups excluding carboxylic acids is 2. The summed E-state index contributed by atoms with van der Waals surface area (Å²) in [4.78, 5) is 26.4. The fourth-order valence-corrected chi connectivity index (χ4v) is 3.65. The summed E-state index contributed by atoms with van der Waals surface area (Å²) in [6.07, 6.45) is 2.97. The van der Waals surface area contributed by atoms with Crippen LogP contribution in [-0.2, 0) is 4.74 Å². The lowest BCUT2D eigenvalue weighted by Gasteiger charge is -2.22. The second kappa shape index (κ2) is 6.77. The van der Waals surface area contributed by atoms with Crippen molar-refractivity contribution in [2.24, 2.45) is 5.41 Å². The van der Waals surface area contributed by atoms with Gasteiger partial charge in [-0.25, -0.2) is 8.78 Å². The van der Waals surface area contributed by atoms with Gasteiger partial charge in [-0.1, -0.05) is 0 Å². The number of carbonyl (C=O) groups is 2. The first-order valence-electron chi connectivity index (χ1n) is 8.68. The van der Waals surface area contributed by atoms with Gasteiger partial charge in [0.15, 0.2) is 5.76 Å². The zero-order chi connectivity index (χ0) is 19.0. The third-order valence-electron chi connectivity index (χ3n) is 5.19. The minimum atomic E-state index is -0.967. The Morgan fingerprint density at radius 2 is 2.04 bits per heavy atom. The van der Waals surface area contributed by atoms with Gasteiger partial charge in [-0.15, -0.1) is 0 Å². The molecule has 6 nitrogen and oxygen atoms in total. The van der Waals surface area contributed by atoms with Crippen LogP contribution in [0.2, 0.25) is 0 Å². The molecule has 1 atom stereocenters. The van der Waals surface area contributed by atoms with Crippen LogP contribution in [0.3, 0.4) is 0 Å². The first kappa shape index (κ1) is 17.7. The van der Waals surface area contributed by atoms with Crippen molar-refractivity contribution in [3.8, 4) is 0 Å². The molecule has 0 bridgehead atoms. The van der Waals surface area contributed by atoms with Crippen molar-refractivity contribution < 1.29 is 27.5 Å². The summed E-state index contributed by atoms with van der Waals surface area (Å²) >= 11 is 0. The van der Waals surface area contributed by atoms with Crippen molar-refractivity contribution in [1.29, 1.82) is 0 Å². The molecule has 0 saturated carbocycles. The van der Waals surface area contributed by atoms with Gasteiger partial charge < -0.3 is 19.4 Å². The summed E-state index contributed by atoms with van der Waals surface area (Å²) in [6, 6.07) is 4.57. The minimum absolute atomic E-state index is 0.0191. The number of hydrogen-bond acceptors (Lipinski definition) is 4. The van der Waals surface area contributed by atoms with Gasteiger partial charge in [0.05, 0.1) is 24.1 Å². The van der Waals surface area contributed by atoms with Crippen LogP contribution < -0.4 is 5.32 Å². The Bertz CT molecular complexity index is 876. The van der Waals surface area contributed by atoms with E-state index in [1.165, 1.54) is 18.4 Å². The highest BCUT2D eigenvalue weighted by molar-refractivity contribution is 6.03. The van der Waals surface area contributed by atoms with E-state index in [-0.39, 0.29) is 22.4 Å². The van der Waals surface area contributed by atoms with Crippen LogP contribution in [0, 0.1) is 17.0 Å². The molecule has 0 radical (unpaired) electrons. The topological polar surface area (TPSA) is 71.8 Å². The Morgan fingerprint density at radius 3 is 2.74 bits per heavy atom. The standard InChI is InChI=1S/C19H18F2N2O4/c20-13-9-14(21)15(22-17(24)16-2-1-6-27-16)8-12(13)18(25)23-5-3-19(10-23)4-7-26-11-19/h1-2,6,8-9H,3-5,7,10-11H2,(H,22,24). The molecular formula is C19H18F2N2O4. The van der Waals surface area contributed by atoms with Crippen LogP contribution in [0.4, 0.5) is 14.5 Å². The Labute approximate surface area is 154 Å². The van der Waals surface area contributed by atoms with Crippen LogP contribution in [0.15, 0.2) is 34.9 Å². The van der Waals surface area contributed by atoms with E-state index in [1.807, 2.05) is 0 Å². The molecule has 2 amide bonds. The highest BCUT2D eigenvalue weighted by atomic mass is 19.1. The number of benzene rings is 1. The van der Waals surface area contributed by atoms with Crippen molar-refractivity contribution in [3.05, 3.63) is 53.5 Å². The highest BCUT2D eigenvalue weighted by Gasteiger charge is 2.43. The molecule has 142 valence electrons. The Kier molecular flexibility index (Phi) is 4.43. The van der Waals surface area contributed by atoms with Crippen LogP contribution >= 0.6 is 0 Å². The number of halogens is 2. The SMILES string of the molecule is O=C(Nc1cc(C(=O)N2CCC3(CCOC3)C2)c(F)cc1F)c1ccco1. The van der Waals surface area contributed by atoms with Crippen LogP contribution in [0.5, 0.6) is 0 Å². The van der Waals surface area contributed by atoms with Crippen LogP contribution in [0.25, 0.3) is 0 Å². The van der Waals surface area contributed by atoms with E-state index in [2.05, 4.69) is 5.32 Å². The lowest BCUT2D eigenvalue weighted by molar-refractivity contribution is 0.0760. The third kappa shape index (κ3) is 3.32. The summed E-state index contributed by atoms with van der Waals surface area (Å²) in [5, 5.41) is 2.31. The molecule has 0 aliphatic carbocycles. The zero-order valence-electron chi connectivity index (χ0n) is 14.5. The van der Waals surface area contributed by atoms with E-state index in [0.29, 0.717) is 32.4 Å². The molecule has 2 aliphatic rings. The van der Waals surface area contributed by atoms with Gasteiger partial charge in [0.2, 0.25) is 0 Å². The maximum atomic E-state index is 14.3. The highest BCUT2D eigenvalue weighted by Crippen LogP contribution is 2.39. The molecule has 2 aromatic rings. The van der Waals surface area contributed by atoms with E-state index in [4.69, 9.17) is 9.15 Å². The van der Waals surface area contributed by atoms with Crippen molar-refractivity contribution in [2.75, 3.05) is 31.6 Å². The molecular weight excluding hydrogens is 358 g/mol. The van der Waals surface area contributed by atoms with Gasteiger partial charge in [0.1, 0.15) is 11.6 Å². The maximum Gasteiger partial charge on any atom is 0.291 e. The molecule has 2 saturated heterocycles. The van der Waals surface area contributed by atoms with Crippen molar-refractivity contribution in [3.63, 3.8) is 0 Å². The average Bonchev–Trinajstić information content (AvgIpc) is 3.40. The molecule has 1 N–H and O–H groups in total. The monoisotopic (exact) mass is 376 g/mol. The van der Waals surface area contributed by atoms with Gasteiger partial charge in [-0.05, 0) is 31.0 Å². The zero-order valence-corrected chi connectivity index (χ0v) is 14.5. The molecule has 27 heavy (non-hydrogen) atoms. The van der Waals surface area contributed by atoms with Crippen molar-refractivity contribution in [2.45, 2.75) is 12.8 Å². The van der Waals surface area contributed by atoms with Gasteiger partial charge in [-0.3, -0.25) is 9.59 Å². The number of amides is 2. The second-order valence-electron chi connectivity index (χ2n) is 7.02. The molecule has 1 spiro atoms. The van der Waals surface area contributed by atoms with Crippen LogP contribution in [-0.4, -0.2) is 43.0 Å². The molecule has 1 unspecified atom stereocenters. The number of nitrogens with zero attached hydrogens (tertiary/aromatic N) is 1. The van der Waals surface area contributed by atoms with Gasteiger partial charge in [0, 0.05) is 31.2 Å². The Morgan fingerprint density at radius 1 is 1.19 bits per heavy atom. The van der Waals surface area contributed by atoms with Gasteiger partial charge in [0.25, 0.3) is 11.8 Å². The van der Waals surface area contributed by atoms with Crippen LogP contribution in [0.1, 0.15) is 33.8 Å². The smallest absolute Gasteiger partial charge is 0.291 e. The summed E-state index contributed by atoms with van der Waals surface area (Å²) in [7, 11) is 0. The quantitative estimate of drug-likeness (QED) is 0.894. The fourth-order valence-electron chi connectivity index (χ4n) is 3.65. The molecule has 8 heteroatoms. The summed E-state index contributed by atoms with van der Waals surface area (Å²) < 4.78 is 38.7. The summed E-state index contributed by atoms with van der Waals surface area (Å²) in [5.41, 5.74) is -0.621. The maximum absolute atomic E-state index is 14.3. The minimum Gasteiger partial charge on any atom is -0.459 e. The lowest BCUT2D eigenvalue weighted by atomic mass is 9.87. The molecule has 2 fully saturated rings. The molecule has 1 aromatic carbocycles. The average molecular weight is 376 g/mol. The Balaban J connectivity index is 1.55. The lowest BCUT2D eigenvalue weighted by Crippen LogP contribution is -2.33. The number of likely N-dealkylation sites (tertiary alicyclic amines) is 1. The predicted molar refractivity (Wildman–Crippen MR) is 91.4 cm³/mol. The second-order valence-corrected chi connectivity index (χ2v) is 7.02. The van der Waals surface area contributed by atoms with Gasteiger partial charge >= 0.3 is 0 Å². The largest absolute Gasteiger partial charge is 0.459 e. The van der Waals surface area contributed by atoms with Gasteiger partial charge in [-0.2, -0.15) is 0 Å². The first-order chi connectivity index (χ1) is 13.0. The van der Waals surface area contributed by atoms with Crippen molar-refractivity contribution in [1.82, 2.24) is 4.90 Å². The summed E-state index contributed by atoms with van der Waals surface area (Å²) in [5.74, 6) is -3.16. The van der Waals surface area contributed by atoms with E-state index in [9.17, 15) is 18.4 Å². The number of rotatable bonds is 3. The number of anilines is 1. The first-order valence-corrected chi connectivity index (χ1v) is 8.68. The van der Waals surface area contributed by atoms with E-state index < -0.39 is 23.4 Å². The number of hydrogen-bond donors (Lipinski definition) is 1. The molecule has 3 heterocycles. The van der Waals surface area contributed by atoms with E-state index in [0.717, 1.165) is 18.9 Å². The predicted octanol–water partition coefficient (Wildman–Crippen LogP) is 3.06. The third-order valence-corrected chi connectivity index (χ3v) is 5.19. The molecule has 2 aliphatic heterocycles. The normalized spacial score (nSPS) is 21.8. The molecule has 1 aromatic heterocycles. The Hall–Kier alpha value is -2.74. The number of nitrogens with one attached hydrogen (secondary N) is 1.